The number of hydrogen-bond donors (Lipinski definition) is 0. The summed E-state index contributed by atoms with van der Waals surface area (Å²) in [5.41, 5.74) is -0.272. The molecular formula is C25H18ClF3N6O2. The maximum Gasteiger partial charge on any atom is 0.356 e. The number of imidazole rings is 1. The molecule has 12 heteroatoms. The van der Waals surface area contributed by atoms with Gasteiger partial charge < -0.3 is 9.30 Å². The molecule has 0 radical (unpaired) electrons. The van der Waals surface area contributed by atoms with Gasteiger partial charge in [0, 0.05) is 30.4 Å². The van der Waals surface area contributed by atoms with Gasteiger partial charge in [0.2, 0.25) is 5.28 Å². The summed E-state index contributed by atoms with van der Waals surface area (Å²) in [6.45, 7) is 0.372. The number of rotatable bonds is 7. The summed E-state index contributed by atoms with van der Waals surface area (Å²) in [4.78, 5) is 28.2. The zero-order valence-electron chi connectivity index (χ0n) is 19.4. The number of methoxy groups -OCH3 is 1. The Morgan fingerprint density at radius 2 is 1.95 bits per heavy atom. The molecule has 188 valence electrons. The van der Waals surface area contributed by atoms with Crippen molar-refractivity contribution in [2.24, 2.45) is 5.41 Å². The number of fused-ring (bicyclic) bond motifs is 1. The van der Waals surface area contributed by atoms with Gasteiger partial charge in [-0.1, -0.05) is 0 Å². The Kier molecular flexibility index (Phi) is 6.29. The number of benzene rings is 1. The number of esters is 1. The van der Waals surface area contributed by atoms with E-state index in [0.29, 0.717) is 30.0 Å². The fourth-order valence-corrected chi connectivity index (χ4v) is 4.38. The van der Waals surface area contributed by atoms with Crippen LogP contribution < -0.4 is 0 Å². The zero-order chi connectivity index (χ0) is 26.3. The molecule has 8 nitrogen and oxygen atoms in total. The average Bonchev–Trinajstić information content (AvgIpc) is 3.56. The van der Waals surface area contributed by atoms with E-state index in [4.69, 9.17) is 16.3 Å². The lowest BCUT2D eigenvalue weighted by atomic mass is 10.0. The van der Waals surface area contributed by atoms with Crippen molar-refractivity contribution in [2.75, 3.05) is 7.11 Å². The Labute approximate surface area is 213 Å². The fraction of sp³-hybridized carbons (Fsp3) is 0.280. The summed E-state index contributed by atoms with van der Waals surface area (Å²) in [6.07, 6.45) is 2.61. The molecule has 37 heavy (non-hydrogen) atoms. The minimum atomic E-state index is -0.947. The topological polar surface area (TPSA) is 107 Å². The van der Waals surface area contributed by atoms with Crippen LogP contribution in [0.5, 0.6) is 0 Å². The van der Waals surface area contributed by atoms with Crippen molar-refractivity contribution < 1.29 is 22.7 Å². The zero-order valence-corrected chi connectivity index (χ0v) is 20.2. The number of halogens is 4. The first-order valence-corrected chi connectivity index (χ1v) is 11.6. The highest BCUT2D eigenvalue weighted by molar-refractivity contribution is 6.28. The summed E-state index contributed by atoms with van der Waals surface area (Å²) in [5.74, 6) is -2.91. The quantitative estimate of drug-likeness (QED) is 0.245. The number of nitriles is 1. The van der Waals surface area contributed by atoms with Crippen LogP contribution in [0.2, 0.25) is 5.28 Å². The monoisotopic (exact) mass is 526 g/mol. The third-order valence-electron chi connectivity index (χ3n) is 6.42. The highest BCUT2D eigenvalue weighted by atomic mass is 35.5. The van der Waals surface area contributed by atoms with Crippen molar-refractivity contribution in [1.29, 1.82) is 5.26 Å². The first-order valence-electron chi connectivity index (χ1n) is 11.2. The lowest BCUT2D eigenvalue weighted by Crippen LogP contribution is -2.16. The molecule has 0 amide bonds. The van der Waals surface area contributed by atoms with Gasteiger partial charge in [-0.3, -0.25) is 0 Å². The second-order valence-corrected chi connectivity index (χ2v) is 9.25. The van der Waals surface area contributed by atoms with Crippen molar-refractivity contribution in [3.05, 3.63) is 70.3 Å². The fourth-order valence-electron chi connectivity index (χ4n) is 4.25. The average molecular weight is 527 g/mol. The van der Waals surface area contributed by atoms with E-state index in [1.165, 1.54) is 13.2 Å². The van der Waals surface area contributed by atoms with Crippen LogP contribution in [0.3, 0.4) is 0 Å². The van der Waals surface area contributed by atoms with Gasteiger partial charge in [-0.25, -0.2) is 37.9 Å². The summed E-state index contributed by atoms with van der Waals surface area (Å²) >= 11 is 5.70. The van der Waals surface area contributed by atoms with Gasteiger partial charge in [-0.2, -0.15) is 5.26 Å². The van der Waals surface area contributed by atoms with E-state index in [9.17, 15) is 14.4 Å². The third-order valence-corrected chi connectivity index (χ3v) is 6.61. The molecule has 4 aromatic rings. The van der Waals surface area contributed by atoms with Gasteiger partial charge in [0.15, 0.2) is 17.2 Å². The van der Waals surface area contributed by atoms with E-state index >= 15 is 8.78 Å². The molecule has 0 unspecified atom stereocenters. The summed E-state index contributed by atoms with van der Waals surface area (Å²) in [5, 5.41) is 8.97. The van der Waals surface area contributed by atoms with Crippen LogP contribution in [0.1, 0.15) is 41.1 Å². The normalized spacial score (nSPS) is 13.9. The minimum absolute atomic E-state index is 0.0308. The Morgan fingerprint density at radius 3 is 2.65 bits per heavy atom. The minimum Gasteiger partial charge on any atom is -0.464 e. The number of ether oxygens (including phenoxy) is 1. The molecule has 0 bridgehead atoms. The van der Waals surface area contributed by atoms with Gasteiger partial charge >= 0.3 is 5.97 Å². The molecular weight excluding hydrogens is 509 g/mol. The molecule has 0 N–H and O–H groups in total. The predicted molar refractivity (Wildman–Crippen MR) is 126 cm³/mol. The van der Waals surface area contributed by atoms with Crippen LogP contribution in [0.15, 0.2) is 30.5 Å². The van der Waals surface area contributed by atoms with E-state index in [0.717, 1.165) is 31.2 Å². The lowest BCUT2D eigenvalue weighted by Gasteiger charge is -2.16. The number of nitrogens with zero attached hydrogens (tertiary/aromatic N) is 6. The van der Waals surface area contributed by atoms with Crippen LogP contribution in [0.4, 0.5) is 13.2 Å². The van der Waals surface area contributed by atoms with Crippen LogP contribution in [0, 0.1) is 34.2 Å². The highest BCUT2D eigenvalue weighted by Crippen LogP contribution is 2.50. The van der Waals surface area contributed by atoms with Crippen molar-refractivity contribution in [2.45, 2.75) is 32.2 Å². The molecule has 0 saturated heterocycles. The molecule has 1 aliphatic rings. The van der Waals surface area contributed by atoms with Crippen molar-refractivity contribution in [3.63, 3.8) is 0 Å². The largest absolute Gasteiger partial charge is 0.464 e. The third kappa shape index (κ3) is 4.72. The van der Waals surface area contributed by atoms with Gasteiger partial charge in [0.1, 0.15) is 28.7 Å². The van der Waals surface area contributed by atoms with Gasteiger partial charge in [0.25, 0.3) is 0 Å². The van der Waals surface area contributed by atoms with E-state index in [-0.39, 0.29) is 28.4 Å². The summed E-state index contributed by atoms with van der Waals surface area (Å²) in [6, 6.07) is 7.07. The molecule has 1 fully saturated rings. The van der Waals surface area contributed by atoms with Crippen LogP contribution in [0.25, 0.3) is 22.4 Å². The van der Waals surface area contributed by atoms with Gasteiger partial charge in [-0.05, 0) is 54.3 Å². The molecule has 3 aromatic heterocycles. The maximum atomic E-state index is 15.2. The Morgan fingerprint density at radius 1 is 1.16 bits per heavy atom. The van der Waals surface area contributed by atoms with Crippen LogP contribution in [-0.2, 0) is 17.7 Å². The molecule has 3 heterocycles. The van der Waals surface area contributed by atoms with Crippen LogP contribution in [-0.4, -0.2) is 37.6 Å². The number of carbonyl (C=O) groups excluding carboxylic acids is 1. The van der Waals surface area contributed by atoms with E-state index < -0.39 is 34.7 Å². The second-order valence-electron chi connectivity index (χ2n) is 8.92. The number of hydrogen-bond acceptors (Lipinski definition) is 7. The van der Waals surface area contributed by atoms with E-state index in [2.05, 4.69) is 26.0 Å². The second kappa shape index (κ2) is 9.44. The number of pyridine rings is 1. The van der Waals surface area contributed by atoms with Gasteiger partial charge in [-0.15, -0.1) is 0 Å². The molecule has 1 aliphatic carbocycles. The number of aromatic nitrogens is 5. The maximum absolute atomic E-state index is 15.2. The molecule has 0 spiro atoms. The Balaban J connectivity index is 1.58. The standard InChI is InChI=1S/C25H18ClF3N6O2/c1-37-23(36)19-3-2-18-22(33-19)35(12-25(4-5-25)6-7-30)20(32-18)9-13-8-16(28)14(10-15(13)27)21-17(29)11-31-24(26)34-21/h2-3,8,10-11H,4-6,9,12H2,1H3. The van der Waals surface area contributed by atoms with Crippen LogP contribution >= 0.6 is 11.6 Å². The molecule has 1 aromatic carbocycles. The summed E-state index contributed by atoms with van der Waals surface area (Å²) < 4.78 is 50.9. The first-order chi connectivity index (χ1) is 17.7. The molecule has 0 aliphatic heterocycles. The van der Waals surface area contributed by atoms with Crippen molar-refractivity contribution in [1.82, 2.24) is 24.5 Å². The molecule has 5 rings (SSSR count). The Bertz CT molecular complexity index is 1600. The number of carbonyl (C=O) groups is 1. The highest BCUT2D eigenvalue weighted by Gasteiger charge is 2.43. The summed E-state index contributed by atoms with van der Waals surface area (Å²) in [7, 11) is 1.24. The molecule has 0 atom stereocenters. The first kappa shape index (κ1) is 24.6. The van der Waals surface area contributed by atoms with Crippen molar-refractivity contribution >= 4 is 28.7 Å². The molecule has 1 saturated carbocycles. The van der Waals surface area contributed by atoms with Crippen molar-refractivity contribution in [3.8, 4) is 17.3 Å². The lowest BCUT2D eigenvalue weighted by molar-refractivity contribution is 0.0594. The van der Waals surface area contributed by atoms with E-state index in [1.807, 2.05) is 0 Å². The SMILES string of the molecule is COC(=O)c1ccc2nc(Cc3cc(F)c(-c4nc(Cl)ncc4F)cc3F)n(CC3(CC#N)CC3)c2n1. The predicted octanol–water partition coefficient (Wildman–Crippen LogP) is 5.03. The Hall–Kier alpha value is -4.04. The smallest absolute Gasteiger partial charge is 0.356 e. The van der Waals surface area contributed by atoms with Gasteiger partial charge in [0.05, 0.1) is 19.4 Å². The van der Waals surface area contributed by atoms with E-state index in [1.54, 1.807) is 10.6 Å².